The predicted octanol–water partition coefficient (Wildman–Crippen LogP) is 0.265. The molecule has 0 aromatic heterocycles. The summed E-state index contributed by atoms with van der Waals surface area (Å²) >= 11 is 0. The van der Waals surface area contributed by atoms with Crippen molar-refractivity contribution in [1.82, 2.24) is 10.6 Å². The van der Waals surface area contributed by atoms with Crippen molar-refractivity contribution < 1.29 is 14.4 Å². The molecule has 0 aliphatic heterocycles. The molecule has 1 aliphatic carbocycles. The molecule has 1 aromatic rings. The van der Waals surface area contributed by atoms with Crippen LogP contribution in [0.5, 0.6) is 0 Å². The van der Waals surface area contributed by atoms with E-state index in [1.165, 1.54) is 24.0 Å². The summed E-state index contributed by atoms with van der Waals surface area (Å²) in [4.78, 5) is 34.0. The molecule has 0 saturated carbocycles. The third-order valence-electron chi connectivity index (χ3n) is 4.06. The first-order chi connectivity index (χ1) is 10.9. The van der Waals surface area contributed by atoms with Crippen molar-refractivity contribution in [2.24, 2.45) is 11.5 Å². The number of benzene rings is 1. The Morgan fingerprint density at radius 1 is 1.00 bits per heavy atom. The second kappa shape index (κ2) is 7.13. The van der Waals surface area contributed by atoms with Crippen molar-refractivity contribution in [1.29, 1.82) is 0 Å². The second-order valence-corrected chi connectivity index (χ2v) is 5.81. The molecule has 0 saturated heterocycles. The number of carbonyl (C=O) groups excluding carboxylic acids is 3. The van der Waals surface area contributed by atoms with E-state index in [2.05, 4.69) is 22.8 Å². The topological polar surface area (TPSA) is 127 Å². The van der Waals surface area contributed by atoms with E-state index in [9.17, 15) is 14.4 Å². The lowest BCUT2D eigenvalue weighted by atomic mass is 9.89. The van der Waals surface area contributed by atoms with E-state index in [1.54, 1.807) is 0 Å². The van der Waals surface area contributed by atoms with Crippen LogP contribution in [0.15, 0.2) is 18.2 Å². The summed E-state index contributed by atoms with van der Waals surface area (Å²) in [5.74, 6) is -1.98. The number of nitrogens with one attached hydrogen (secondary N) is 2. The van der Waals surface area contributed by atoms with Crippen LogP contribution in [0.1, 0.15) is 42.5 Å². The number of fused-ring (bicyclic) bond motifs is 1. The van der Waals surface area contributed by atoms with Gasteiger partial charge < -0.3 is 22.1 Å². The first-order valence-electron chi connectivity index (χ1n) is 7.66. The number of aryl methyl sites for hydroxylation is 2. The smallest absolute Gasteiger partial charge is 0.316 e. The van der Waals surface area contributed by atoms with Crippen LogP contribution in [0.4, 0.5) is 4.79 Å². The van der Waals surface area contributed by atoms with E-state index in [0.717, 1.165) is 18.4 Å². The minimum Gasteiger partial charge on any atom is -0.367 e. The highest BCUT2D eigenvalue weighted by Crippen LogP contribution is 2.24. The summed E-state index contributed by atoms with van der Waals surface area (Å²) in [6.07, 6.45) is 4.53. The van der Waals surface area contributed by atoms with E-state index in [1.807, 2.05) is 13.0 Å². The van der Waals surface area contributed by atoms with Crippen molar-refractivity contribution in [3.05, 3.63) is 34.9 Å². The molecule has 2 rings (SSSR count). The Labute approximate surface area is 134 Å². The lowest BCUT2D eigenvalue weighted by Gasteiger charge is -2.21. The van der Waals surface area contributed by atoms with E-state index in [-0.39, 0.29) is 6.04 Å². The summed E-state index contributed by atoms with van der Waals surface area (Å²) in [6.45, 7) is 1.83. The minimum absolute atomic E-state index is 0.274. The van der Waals surface area contributed by atoms with Gasteiger partial charge in [0.15, 0.2) is 6.04 Å². The Morgan fingerprint density at radius 2 is 1.61 bits per heavy atom. The zero-order chi connectivity index (χ0) is 17.0. The average Bonchev–Trinajstić information content (AvgIpc) is 2.51. The van der Waals surface area contributed by atoms with Gasteiger partial charge in [-0.2, -0.15) is 0 Å². The molecule has 124 valence electrons. The highest BCUT2D eigenvalue weighted by molar-refractivity contribution is 6.05. The second-order valence-electron chi connectivity index (χ2n) is 5.81. The van der Waals surface area contributed by atoms with Gasteiger partial charge in [-0.15, -0.1) is 0 Å². The normalized spacial score (nSPS) is 14.7. The van der Waals surface area contributed by atoms with Gasteiger partial charge in [-0.25, -0.2) is 4.79 Å². The molecular formula is C16H22N4O3. The van der Waals surface area contributed by atoms with Crippen LogP contribution in [-0.4, -0.2) is 23.9 Å². The fourth-order valence-electron chi connectivity index (χ4n) is 2.76. The average molecular weight is 318 g/mol. The van der Waals surface area contributed by atoms with Crippen LogP contribution in [0.3, 0.4) is 0 Å². The van der Waals surface area contributed by atoms with Gasteiger partial charge in [0.2, 0.25) is 11.8 Å². The van der Waals surface area contributed by atoms with Gasteiger partial charge in [-0.1, -0.05) is 18.2 Å². The maximum absolute atomic E-state index is 11.9. The molecule has 0 bridgehead atoms. The van der Waals surface area contributed by atoms with Crippen molar-refractivity contribution in [3.8, 4) is 0 Å². The summed E-state index contributed by atoms with van der Waals surface area (Å²) in [5, 5.41) is 4.86. The molecule has 0 fully saturated rings. The maximum Gasteiger partial charge on any atom is 0.316 e. The molecule has 0 spiro atoms. The quantitative estimate of drug-likeness (QED) is 0.582. The number of nitrogens with two attached hydrogens (primary N) is 2. The van der Waals surface area contributed by atoms with Gasteiger partial charge in [0, 0.05) is 0 Å². The summed E-state index contributed by atoms with van der Waals surface area (Å²) in [7, 11) is 0. The van der Waals surface area contributed by atoms with Crippen molar-refractivity contribution in [3.63, 3.8) is 0 Å². The van der Waals surface area contributed by atoms with Gasteiger partial charge in [-0.05, 0) is 49.3 Å². The minimum atomic E-state index is -1.52. The van der Waals surface area contributed by atoms with Crippen LogP contribution in [0.2, 0.25) is 0 Å². The first-order valence-corrected chi connectivity index (χ1v) is 7.66. The molecule has 0 radical (unpaired) electrons. The Morgan fingerprint density at radius 3 is 2.22 bits per heavy atom. The lowest BCUT2D eigenvalue weighted by molar-refractivity contribution is -0.128. The number of hydrogen-bond acceptors (Lipinski definition) is 3. The molecule has 4 amide bonds. The number of urea groups is 1. The standard InChI is InChI=1S/C16H22N4O3/c1-9(19-16(23)20-13(14(17)21)15(18)22)11-7-6-10-4-2-3-5-12(10)8-11/h6-9,13H,2-5H2,1H3,(H2,17,21)(H2,18,22)(H2,19,20,23)/t9-/m0/s1. The maximum atomic E-state index is 11.9. The Kier molecular flexibility index (Phi) is 5.20. The molecule has 0 heterocycles. The van der Waals surface area contributed by atoms with E-state index >= 15 is 0 Å². The van der Waals surface area contributed by atoms with Crippen molar-refractivity contribution >= 4 is 17.8 Å². The fraction of sp³-hybridized carbons (Fsp3) is 0.438. The predicted molar refractivity (Wildman–Crippen MR) is 85.3 cm³/mol. The van der Waals surface area contributed by atoms with Crippen LogP contribution < -0.4 is 22.1 Å². The Balaban J connectivity index is 2.01. The zero-order valence-corrected chi connectivity index (χ0v) is 13.1. The molecule has 1 aromatic carbocycles. The van der Waals surface area contributed by atoms with E-state index in [4.69, 9.17) is 11.5 Å². The molecule has 6 N–H and O–H groups in total. The summed E-state index contributed by atoms with van der Waals surface area (Å²) in [5.41, 5.74) is 13.7. The number of carbonyl (C=O) groups is 3. The highest BCUT2D eigenvalue weighted by Gasteiger charge is 2.24. The molecular weight excluding hydrogens is 296 g/mol. The zero-order valence-electron chi connectivity index (χ0n) is 13.1. The molecule has 0 unspecified atom stereocenters. The van der Waals surface area contributed by atoms with Crippen LogP contribution in [0, 0.1) is 0 Å². The van der Waals surface area contributed by atoms with Crippen LogP contribution in [-0.2, 0) is 22.4 Å². The summed E-state index contributed by atoms with van der Waals surface area (Å²) in [6, 6.07) is 3.70. The number of hydrogen-bond donors (Lipinski definition) is 4. The SMILES string of the molecule is C[C@H](NC(=O)NC(C(N)=O)C(N)=O)c1ccc2c(c1)CCCC2. The van der Waals surface area contributed by atoms with Gasteiger partial charge in [0.05, 0.1) is 6.04 Å². The van der Waals surface area contributed by atoms with Crippen molar-refractivity contribution in [2.45, 2.75) is 44.7 Å². The number of amides is 4. The lowest BCUT2D eigenvalue weighted by Crippen LogP contribution is -2.55. The van der Waals surface area contributed by atoms with Crippen LogP contribution >= 0.6 is 0 Å². The summed E-state index contributed by atoms with van der Waals surface area (Å²) < 4.78 is 0. The van der Waals surface area contributed by atoms with Gasteiger partial charge in [-0.3, -0.25) is 9.59 Å². The van der Waals surface area contributed by atoms with Gasteiger partial charge >= 0.3 is 6.03 Å². The first kappa shape index (κ1) is 16.8. The molecule has 7 heteroatoms. The molecule has 23 heavy (non-hydrogen) atoms. The molecule has 1 aliphatic rings. The monoisotopic (exact) mass is 318 g/mol. The largest absolute Gasteiger partial charge is 0.367 e. The third kappa shape index (κ3) is 4.21. The third-order valence-corrected chi connectivity index (χ3v) is 4.06. The molecule has 1 atom stereocenters. The highest BCUT2D eigenvalue weighted by atomic mass is 16.2. The van der Waals surface area contributed by atoms with Gasteiger partial charge in [0.1, 0.15) is 0 Å². The Bertz CT molecular complexity index is 616. The number of primary amides is 2. The molecule has 7 nitrogen and oxygen atoms in total. The van der Waals surface area contributed by atoms with Gasteiger partial charge in [0.25, 0.3) is 0 Å². The van der Waals surface area contributed by atoms with Crippen molar-refractivity contribution in [2.75, 3.05) is 0 Å². The van der Waals surface area contributed by atoms with E-state index in [0.29, 0.717) is 0 Å². The number of rotatable bonds is 5. The Hall–Kier alpha value is -2.57. The van der Waals surface area contributed by atoms with E-state index < -0.39 is 23.9 Å². The fourth-order valence-corrected chi connectivity index (χ4v) is 2.76. The van der Waals surface area contributed by atoms with Crippen LogP contribution in [0.25, 0.3) is 0 Å².